The summed E-state index contributed by atoms with van der Waals surface area (Å²) in [6.45, 7) is 3.53. The van der Waals surface area contributed by atoms with Gasteiger partial charge < -0.3 is 5.32 Å². The van der Waals surface area contributed by atoms with Crippen LogP contribution in [0.4, 0.5) is 0 Å². The summed E-state index contributed by atoms with van der Waals surface area (Å²) in [7, 11) is 0. The molecule has 2 aromatic carbocycles. The molecule has 0 radical (unpaired) electrons. The van der Waals surface area contributed by atoms with Gasteiger partial charge in [-0.3, -0.25) is 9.69 Å². The number of hydrogen-bond donors (Lipinski definition) is 1. The van der Waals surface area contributed by atoms with Gasteiger partial charge in [0.2, 0.25) is 5.91 Å². The lowest BCUT2D eigenvalue weighted by Crippen LogP contribution is -2.40. The van der Waals surface area contributed by atoms with E-state index in [0.717, 1.165) is 49.2 Å². The summed E-state index contributed by atoms with van der Waals surface area (Å²) in [6.07, 6.45) is 5.84. The number of carbonyl (C=O) groups is 1. The molecule has 1 aliphatic rings. The number of piperidine rings is 1. The largest absolute Gasteiger partial charge is 0.355 e. The van der Waals surface area contributed by atoms with Gasteiger partial charge in [0.15, 0.2) is 5.16 Å². The molecule has 0 bridgehead atoms. The lowest BCUT2D eigenvalue weighted by atomic mass is 9.97. The third kappa shape index (κ3) is 7.18. The van der Waals surface area contributed by atoms with E-state index in [1.54, 1.807) is 12.4 Å². The first-order valence-electron chi connectivity index (χ1n) is 11.0. The van der Waals surface area contributed by atoms with Crippen LogP contribution in [0.3, 0.4) is 0 Å². The Balaban J connectivity index is 1.19. The number of thioether (sulfide) groups is 1. The van der Waals surface area contributed by atoms with E-state index in [9.17, 15) is 4.79 Å². The molecular weight excluding hydrogens is 475 g/mol. The molecule has 33 heavy (non-hydrogen) atoms. The second kappa shape index (κ2) is 11.8. The monoisotopic (exact) mass is 500 g/mol. The average molecular weight is 501 g/mol. The highest BCUT2D eigenvalue weighted by Gasteiger charge is 2.21. The van der Waals surface area contributed by atoms with Crippen LogP contribution in [0.15, 0.2) is 66.1 Å². The van der Waals surface area contributed by atoms with Crippen LogP contribution >= 0.6 is 35.0 Å². The lowest BCUT2D eigenvalue weighted by molar-refractivity contribution is -0.118. The van der Waals surface area contributed by atoms with Crippen molar-refractivity contribution >= 4 is 40.9 Å². The summed E-state index contributed by atoms with van der Waals surface area (Å²) >= 11 is 13.5. The minimum atomic E-state index is 0.0114. The van der Waals surface area contributed by atoms with Crippen LogP contribution in [0.5, 0.6) is 0 Å². The van der Waals surface area contributed by atoms with Crippen molar-refractivity contribution < 1.29 is 4.79 Å². The number of aromatic nitrogens is 2. The zero-order chi connectivity index (χ0) is 23.0. The number of rotatable bonds is 8. The SMILES string of the molecule is O=C(CSc1ncc(-c2ccccc2)cn1)NCC1CCCN(Cc2ccc(Cl)c(Cl)c2)C1. The molecule has 0 spiro atoms. The minimum absolute atomic E-state index is 0.0114. The van der Waals surface area contributed by atoms with Gasteiger partial charge in [0, 0.05) is 37.6 Å². The van der Waals surface area contributed by atoms with Gasteiger partial charge >= 0.3 is 0 Å². The van der Waals surface area contributed by atoms with Crippen molar-refractivity contribution in [2.24, 2.45) is 5.92 Å². The van der Waals surface area contributed by atoms with Crippen LogP contribution in [0.25, 0.3) is 11.1 Å². The summed E-state index contributed by atoms with van der Waals surface area (Å²) in [4.78, 5) is 23.5. The number of nitrogens with zero attached hydrogens (tertiary/aromatic N) is 3. The first-order valence-corrected chi connectivity index (χ1v) is 12.7. The Bertz CT molecular complexity index is 1070. The van der Waals surface area contributed by atoms with Crippen LogP contribution in [0.2, 0.25) is 10.0 Å². The predicted molar refractivity (Wildman–Crippen MR) is 136 cm³/mol. The maximum absolute atomic E-state index is 12.4. The smallest absolute Gasteiger partial charge is 0.230 e. The number of nitrogens with one attached hydrogen (secondary N) is 1. The van der Waals surface area contributed by atoms with Gasteiger partial charge in [0.25, 0.3) is 0 Å². The lowest BCUT2D eigenvalue weighted by Gasteiger charge is -2.33. The predicted octanol–water partition coefficient (Wildman–Crippen LogP) is 5.57. The summed E-state index contributed by atoms with van der Waals surface area (Å²) in [5.41, 5.74) is 3.20. The van der Waals surface area contributed by atoms with Gasteiger partial charge in [-0.25, -0.2) is 9.97 Å². The summed E-state index contributed by atoms with van der Waals surface area (Å²) in [5, 5.41) is 4.85. The molecule has 3 aromatic rings. The van der Waals surface area contributed by atoms with Crippen LogP contribution in [0.1, 0.15) is 18.4 Å². The zero-order valence-corrected chi connectivity index (χ0v) is 20.5. The van der Waals surface area contributed by atoms with Crippen molar-refractivity contribution in [3.63, 3.8) is 0 Å². The van der Waals surface area contributed by atoms with Crippen molar-refractivity contribution in [1.29, 1.82) is 0 Å². The van der Waals surface area contributed by atoms with Gasteiger partial charge in [-0.1, -0.05) is 71.4 Å². The molecule has 0 aliphatic carbocycles. The molecule has 4 rings (SSSR count). The molecule has 1 amide bonds. The van der Waals surface area contributed by atoms with Gasteiger partial charge in [-0.05, 0) is 48.6 Å². The van der Waals surface area contributed by atoms with E-state index in [2.05, 4.69) is 20.2 Å². The van der Waals surface area contributed by atoms with Crippen molar-refractivity contribution in [3.05, 3.63) is 76.5 Å². The third-order valence-corrected chi connectivity index (χ3v) is 7.26. The summed E-state index contributed by atoms with van der Waals surface area (Å²) in [6, 6.07) is 15.8. The second-order valence-electron chi connectivity index (χ2n) is 8.20. The number of hydrogen-bond acceptors (Lipinski definition) is 5. The fourth-order valence-electron chi connectivity index (χ4n) is 3.97. The quantitative estimate of drug-likeness (QED) is 0.323. The van der Waals surface area contributed by atoms with Crippen molar-refractivity contribution in [2.75, 3.05) is 25.4 Å². The molecule has 1 N–H and O–H groups in total. The minimum Gasteiger partial charge on any atom is -0.355 e. The second-order valence-corrected chi connectivity index (χ2v) is 9.96. The molecule has 172 valence electrons. The fraction of sp³-hybridized carbons (Fsp3) is 0.320. The van der Waals surface area contributed by atoms with Gasteiger partial charge in [0.1, 0.15) is 0 Å². The highest BCUT2D eigenvalue weighted by molar-refractivity contribution is 7.99. The Morgan fingerprint density at radius 2 is 1.85 bits per heavy atom. The van der Waals surface area contributed by atoms with Crippen LogP contribution in [-0.2, 0) is 11.3 Å². The molecule has 1 unspecified atom stereocenters. The Kier molecular flexibility index (Phi) is 8.62. The standard InChI is InChI=1S/C25H26Cl2N4OS/c26-22-9-8-18(11-23(22)27)15-31-10-4-5-19(16-31)12-28-24(32)17-33-25-29-13-21(14-30-25)20-6-2-1-3-7-20/h1-3,6-9,11,13-14,19H,4-5,10,12,15-17H2,(H,28,32). The molecule has 1 saturated heterocycles. The molecular formula is C25H26Cl2N4OS. The van der Waals surface area contributed by atoms with E-state index in [-0.39, 0.29) is 5.91 Å². The first kappa shape index (κ1) is 24.0. The molecule has 1 aliphatic heterocycles. The Labute approximate surface area is 208 Å². The van der Waals surface area contributed by atoms with E-state index < -0.39 is 0 Å². The molecule has 1 fully saturated rings. The number of amides is 1. The topological polar surface area (TPSA) is 58.1 Å². The number of carbonyl (C=O) groups excluding carboxylic acids is 1. The molecule has 1 aromatic heterocycles. The molecule has 8 heteroatoms. The fourth-order valence-corrected chi connectivity index (χ4v) is 4.90. The maximum Gasteiger partial charge on any atom is 0.230 e. The maximum atomic E-state index is 12.4. The zero-order valence-electron chi connectivity index (χ0n) is 18.2. The van der Waals surface area contributed by atoms with Gasteiger partial charge in [-0.2, -0.15) is 0 Å². The average Bonchev–Trinajstić information content (AvgIpc) is 2.85. The molecule has 2 heterocycles. The van der Waals surface area contributed by atoms with Crippen LogP contribution in [-0.4, -0.2) is 46.2 Å². The highest BCUT2D eigenvalue weighted by atomic mass is 35.5. The Morgan fingerprint density at radius 1 is 1.06 bits per heavy atom. The van der Waals surface area contributed by atoms with E-state index >= 15 is 0 Å². The number of benzene rings is 2. The summed E-state index contributed by atoms with van der Waals surface area (Å²) in [5.74, 6) is 0.763. The highest BCUT2D eigenvalue weighted by Crippen LogP contribution is 2.25. The van der Waals surface area contributed by atoms with Crippen molar-refractivity contribution in [1.82, 2.24) is 20.2 Å². The van der Waals surface area contributed by atoms with Crippen LogP contribution < -0.4 is 5.32 Å². The molecule has 1 atom stereocenters. The van der Waals surface area contributed by atoms with Crippen LogP contribution in [0, 0.1) is 5.92 Å². The normalized spacial score (nSPS) is 16.5. The molecule has 0 saturated carbocycles. The van der Waals surface area contributed by atoms with Crippen molar-refractivity contribution in [3.8, 4) is 11.1 Å². The van der Waals surface area contributed by atoms with E-state index in [0.29, 0.717) is 33.4 Å². The van der Waals surface area contributed by atoms with E-state index in [4.69, 9.17) is 23.2 Å². The van der Waals surface area contributed by atoms with E-state index in [1.165, 1.54) is 11.8 Å². The van der Waals surface area contributed by atoms with Gasteiger partial charge in [0.05, 0.1) is 15.8 Å². The third-order valence-electron chi connectivity index (χ3n) is 5.65. The van der Waals surface area contributed by atoms with Gasteiger partial charge in [-0.15, -0.1) is 0 Å². The van der Waals surface area contributed by atoms with E-state index in [1.807, 2.05) is 48.5 Å². The van der Waals surface area contributed by atoms with Crippen molar-refractivity contribution in [2.45, 2.75) is 24.5 Å². The molecule has 5 nitrogen and oxygen atoms in total. The number of likely N-dealkylation sites (tertiary alicyclic amines) is 1. The Morgan fingerprint density at radius 3 is 2.61 bits per heavy atom. The Hall–Kier alpha value is -2.12. The summed E-state index contributed by atoms with van der Waals surface area (Å²) < 4.78 is 0. The number of halogens is 2. The first-order chi connectivity index (χ1) is 16.1.